The van der Waals surface area contributed by atoms with Gasteiger partial charge in [-0.25, -0.2) is 0 Å². The molecule has 2 aliphatic carbocycles. The molecule has 0 heterocycles. The van der Waals surface area contributed by atoms with E-state index in [1.807, 2.05) is 0 Å². The first kappa shape index (κ1) is 4.84. The molecule has 2 bridgehead atoms. The smallest absolute Gasteiger partial charge is 0.0386 e. The van der Waals surface area contributed by atoms with Gasteiger partial charge in [0.1, 0.15) is 0 Å². The van der Waals surface area contributed by atoms with Crippen molar-refractivity contribution >= 4 is 0 Å². The Morgan fingerprint density at radius 2 is 2.00 bits per heavy atom. The maximum absolute atomic E-state index is 2.42. The van der Waals surface area contributed by atoms with Gasteiger partial charge in [-0.2, -0.15) is 0 Å². The van der Waals surface area contributed by atoms with Crippen molar-refractivity contribution in [2.24, 2.45) is 17.8 Å². The van der Waals surface area contributed by atoms with Crippen LogP contribution in [0.4, 0.5) is 0 Å². The lowest BCUT2D eigenvalue weighted by Gasteiger charge is -2.15. The largest absolute Gasteiger partial charge is 0.0622 e. The van der Waals surface area contributed by atoms with Crippen molar-refractivity contribution in [2.75, 3.05) is 0 Å². The second kappa shape index (κ2) is 1.49. The number of rotatable bonds is 0. The lowest BCUT2D eigenvalue weighted by molar-refractivity contribution is 0.360. The summed E-state index contributed by atoms with van der Waals surface area (Å²) in [5, 5.41) is 0. The Hall–Kier alpha value is 0. The lowest BCUT2D eigenvalue weighted by atomic mass is 9.91. The summed E-state index contributed by atoms with van der Waals surface area (Å²) in [6.45, 7) is 2.42. The quantitative estimate of drug-likeness (QED) is 0.449. The molecule has 46 valence electrons. The molecule has 0 aromatic carbocycles. The first-order valence-corrected chi connectivity index (χ1v) is 3.86. The lowest BCUT2D eigenvalue weighted by Crippen LogP contribution is -2.04. The van der Waals surface area contributed by atoms with Crippen LogP contribution >= 0.6 is 0 Å². The van der Waals surface area contributed by atoms with Gasteiger partial charge in [0.25, 0.3) is 0 Å². The topological polar surface area (TPSA) is 0 Å². The third kappa shape index (κ3) is 0.519. The Kier molecular flexibility index (Phi) is 0.902. The van der Waals surface area contributed by atoms with E-state index < -0.39 is 0 Å². The van der Waals surface area contributed by atoms with Crippen molar-refractivity contribution in [3.8, 4) is 0 Å². The fourth-order valence-electron chi connectivity index (χ4n) is 2.56. The zero-order valence-corrected chi connectivity index (χ0v) is 5.56. The van der Waals surface area contributed by atoms with Crippen molar-refractivity contribution in [3.63, 3.8) is 0 Å². The standard InChI is InChI=1S/C8H14/c1-6-4-7-2-3-8(6)5-7/h6-8H,2-5H2,1H3/t6-,7+,8+/m1/s1. The van der Waals surface area contributed by atoms with Gasteiger partial charge < -0.3 is 0 Å². The van der Waals surface area contributed by atoms with E-state index in [2.05, 4.69) is 6.92 Å². The van der Waals surface area contributed by atoms with Crippen molar-refractivity contribution in [1.29, 1.82) is 0 Å². The molecule has 0 aliphatic heterocycles. The molecule has 0 nitrogen and oxygen atoms in total. The fourth-order valence-corrected chi connectivity index (χ4v) is 2.56. The Labute approximate surface area is 51.3 Å². The fraction of sp³-hybridized carbons (Fsp3) is 1.00. The minimum absolute atomic E-state index is 1.08. The Morgan fingerprint density at radius 3 is 2.25 bits per heavy atom. The zero-order valence-electron chi connectivity index (χ0n) is 5.56. The van der Waals surface area contributed by atoms with Crippen LogP contribution in [0.25, 0.3) is 0 Å². The first-order chi connectivity index (χ1) is 3.86. The highest BCUT2D eigenvalue weighted by molar-refractivity contribution is 4.87. The Bertz CT molecular complexity index is 94.2. The summed E-state index contributed by atoms with van der Waals surface area (Å²) in [6, 6.07) is 0. The van der Waals surface area contributed by atoms with Crippen LogP contribution in [0.2, 0.25) is 0 Å². The van der Waals surface area contributed by atoms with Crippen LogP contribution < -0.4 is 0 Å². The molecule has 2 rings (SSSR count). The Morgan fingerprint density at radius 1 is 1.12 bits per heavy atom. The molecule has 3 atom stereocenters. The highest BCUT2D eigenvalue weighted by atomic mass is 14.4. The minimum atomic E-state index is 1.08. The van der Waals surface area contributed by atoms with Crippen LogP contribution in [-0.4, -0.2) is 0 Å². The van der Waals surface area contributed by atoms with Gasteiger partial charge in [0, 0.05) is 0 Å². The van der Waals surface area contributed by atoms with Gasteiger partial charge in [-0.15, -0.1) is 0 Å². The molecule has 0 aromatic rings. The molecule has 0 N–H and O–H groups in total. The number of fused-ring (bicyclic) bond motifs is 2. The maximum Gasteiger partial charge on any atom is -0.0386 e. The molecule has 0 aromatic heterocycles. The zero-order chi connectivity index (χ0) is 5.56. The van der Waals surface area contributed by atoms with E-state index >= 15 is 0 Å². The predicted octanol–water partition coefficient (Wildman–Crippen LogP) is 2.44. The monoisotopic (exact) mass is 110 g/mol. The SMILES string of the molecule is C[C@@H]1C[C@@H]2CC[C@H]1C2. The molecule has 0 heteroatoms. The summed E-state index contributed by atoms with van der Waals surface area (Å²) in [4.78, 5) is 0. The summed E-state index contributed by atoms with van der Waals surface area (Å²) < 4.78 is 0. The van der Waals surface area contributed by atoms with Gasteiger partial charge in [0.15, 0.2) is 0 Å². The van der Waals surface area contributed by atoms with Crippen LogP contribution in [0.3, 0.4) is 0 Å². The summed E-state index contributed by atoms with van der Waals surface area (Å²) >= 11 is 0. The van der Waals surface area contributed by atoms with Gasteiger partial charge in [0.05, 0.1) is 0 Å². The van der Waals surface area contributed by atoms with E-state index in [9.17, 15) is 0 Å². The number of hydrogen-bond donors (Lipinski definition) is 0. The third-order valence-corrected chi connectivity index (χ3v) is 3.09. The molecular weight excluding hydrogens is 96.1 g/mol. The van der Waals surface area contributed by atoms with Crippen LogP contribution in [0, 0.1) is 17.8 Å². The summed E-state index contributed by atoms with van der Waals surface area (Å²) in [5.74, 6) is 3.36. The van der Waals surface area contributed by atoms with Gasteiger partial charge in [-0.3, -0.25) is 0 Å². The molecule has 2 saturated carbocycles. The first-order valence-electron chi connectivity index (χ1n) is 3.86. The second-order valence-electron chi connectivity index (χ2n) is 3.65. The van der Waals surface area contributed by atoms with E-state index in [0.717, 1.165) is 17.8 Å². The van der Waals surface area contributed by atoms with Crippen LogP contribution in [0.1, 0.15) is 32.6 Å². The number of hydrogen-bond acceptors (Lipinski definition) is 0. The summed E-state index contributed by atoms with van der Waals surface area (Å²) in [6.07, 6.45) is 6.21. The normalized spacial score (nSPS) is 52.9. The van der Waals surface area contributed by atoms with E-state index in [0.29, 0.717) is 0 Å². The summed E-state index contributed by atoms with van der Waals surface area (Å²) in [5.41, 5.74) is 0. The molecule has 2 fully saturated rings. The van der Waals surface area contributed by atoms with Crippen LogP contribution in [0.5, 0.6) is 0 Å². The van der Waals surface area contributed by atoms with E-state index in [1.54, 1.807) is 25.7 Å². The van der Waals surface area contributed by atoms with Crippen LogP contribution in [-0.2, 0) is 0 Å². The van der Waals surface area contributed by atoms with Gasteiger partial charge in [-0.1, -0.05) is 13.3 Å². The molecule has 0 unspecified atom stereocenters. The molecule has 0 radical (unpaired) electrons. The molecular formula is C8H14. The van der Waals surface area contributed by atoms with E-state index in [-0.39, 0.29) is 0 Å². The van der Waals surface area contributed by atoms with E-state index in [1.165, 1.54) is 0 Å². The van der Waals surface area contributed by atoms with Crippen molar-refractivity contribution in [1.82, 2.24) is 0 Å². The molecule has 8 heavy (non-hydrogen) atoms. The Balaban J connectivity index is 2.11. The average Bonchev–Trinajstić information content (AvgIpc) is 2.23. The summed E-state index contributed by atoms with van der Waals surface area (Å²) in [7, 11) is 0. The molecule has 0 saturated heterocycles. The average molecular weight is 110 g/mol. The van der Waals surface area contributed by atoms with Crippen molar-refractivity contribution < 1.29 is 0 Å². The highest BCUT2D eigenvalue weighted by Gasteiger charge is 2.36. The minimum Gasteiger partial charge on any atom is -0.0622 e. The van der Waals surface area contributed by atoms with Crippen molar-refractivity contribution in [3.05, 3.63) is 0 Å². The van der Waals surface area contributed by atoms with Crippen LogP contribution in [0.15, 0.2) is 0 Å². The van der Waals surface area contributed by atoms with Crippen molar-refractivity contribution in [2.45, 2.75) is 32.6 Å². The molecule has 2 aliphatic rings. The molecule has 0 spiro atoms. The van der Waals surface area contributed by atoms with Gasteiger partial charge in [-0.05, 0) is 37.0 Å². The maximum atomic E-state index is 2.42. The highest BCUT2D eigenvalue weighted by Crippen LogP contribution is 2.47. The van der Waals surface area contributed by atoms with E-state index in [4.69, 9.17) is 0 Å². The molecule has 0 amide bonds. The predicted molar refractivity (Wildman–Crippen MR) is 34.6 cm³/mol. The van der Waals surface area contributed by atoms with Gasteiger partial charge >= 0.3 is 0 Å². The van der Waals surface area contributed by atoms with Gasteiger partial charge in [0.2, 0.25) is 0 Å². The third-order valence-electron chi connectivity index (χ3n) is 3.09. The second-order valence-corrected chi connectivity index (χ2v) is 3.65.